The van der Waals surface area contributed by atoms with Crippen LogP contribution in [0.15, 0.2) is 77.8 Å². The zero-order chi connectivity index (χ0) is 19.2. The lowest BCUT2D eigenvalue weighted by Gasteiger charge is -2.29. The van der Waals surface area contributed by atoms with Crippen LogP contribution in [0.4, 0.5) is 11.4 Å². The Balaban J connectivity index is 1.57. The molecule has 0 aromatic heterocycles. The van der Waals surface area contributed by atoms with Crippen LogP contribution in [0.2, 0.25) is 0 Å². The monoisotopic (exact) mass is 372 g/mol. The Morgan fingerprint density at radius 2 is 1.64 bits per heavy atom. The smallest absolute Gasteiger partial charge is 0.124 e. The highest BCUT2D eigenvalue weighted by molar-refractivity contribution is 5.87. The van der Waals surface area contributed by atoms with E-state index in [0.29, 0.717) is 0 Å². The van der Waals surface area contributed by atoms with Gasteiger partial charge in [0.1, 0.15) is 5.75 Å². The molecule has 3 aromatic rings. The minimum atomic E-state index is 0.240. The number of aliphatic imine (C=N–C) groups is 1. The maximum absolute atomic E-state index is 10.3. The SMILES string of the molecule is Oc1ccc(Cc2ccccc2)cc1C=Nc1ccccc1N1CCOCC1. The van der Waals surface area contributed by atoms with Gasteiger partial charge in [0.25, 0.3) is 0 Å². The van der Waals surface area contributed by atoms with Crippen molar-refractivity contribution in [2.45, 2.75) is 6.42 Å². The first-order valence-corrected chi connectivity index (χ1v) is 9.61. The molecule has 1 heterocycles. The lowest BCUT2D eigenvalue weighted by atomic mass is 10.0. The highest BCUT2D eigenvalue weighted by Crippen LogP contribution is 2.29. The average Bonchev–Trinajstić information content (AvgIpc) is 2.76. The third kappa shape index (κ3) is 4.41. The summed E-state index contributed by atoms with van der Waals surface area (Å²) < 4.78 is 5.45. The van der Waals surface area contributed by atoms with E-state index in [-0.39, 0.29) is 5.75 Å². The fourth-order valence-corrected chi connectivity index (χ4v) is 3.43. The Hall–Kier alpha value is -3.11. The maximum atomic E-state index is 10.3. The molecule has 1 fully saturated rings. The van der Waals surface area contributed by atoms with E-state index < -0.39 is 0 Å². The zero-order valence-electron chi connectivity index (χ0n) is 15.8. The summed E-state index contributed by atoms with van der Waals surface area (Å²) in [7, 11) is 0. The van der Waals surface area contributed by atoms with Gasteiger partial charge in [0.05, 0.1) is 24.6 Å². The number of nitrogens with zero attached hydrogens (tertiary/aromatic N) is 2. The Morgan fingerprint density at radius 1 is 0.893 bits per heavy atom. The summed E-state index contributed by atoms with van der Waals surface area (Å²) in [5, 5.41) is 10.3. The molecule has 1 aliphatic heterocycles. The summed E-state index contributed by atoms with van der Waals surface area (Å²) in [5.74, 6) is 0.240. The maximum Gasteiger partial charge on any atom is 0.124 e. The summed E-state index contributed by atoms with van der Waals surface area (Å²) in [6.45, 7) is 3.20. The molecule has 4 heteroatoms. The van der Waals surface area contributed by atoms with Gasteiger partial charge in [0.2, 0.25) is 0 Å². The molecule has 0 saturated carbocycles. The number of morpholine rings is 1. The van der Waals surface area contributed by atoms with E-state index in [4.69, 9.17) is 9.73 Å². The quantitative estimate of drug-likeness (QED) is 0.667. The van der Waals surface area contributed by atoms with Crippen molar-refractivity contribution in [3.8, 4) is 5.75 Å². The van der Waals surface area contributed by atoms with Crippen LogP contribution in [-0.2, 0) is 11.2 Å². The van der Waals surface area contributed by atoms with Crippen LogP contribution in [0, 0.1) is 0 Å². The van der Waals surface area contributed by atoms with E-state index >= 15 is 0 Å². The van der Waals surface area contributed by atoms with Gasteiger partial charge in [-0.05, 0) is 41.8 Å². The van der Waals surface area contributed by atoms with E-state index in [2.05, 4.69) is 23.1 Å². The molecule has 142 valence electrons. The van der Waals surface area contributed by atoms with Crippen LogP contribution in [0.1, 0.15) is 16.7 Å². The zero-order valence-corrected chi connectivity index (χ0v) is 15.8. The molecule has 0 unspecified atom stereocenters. The van der Waals surface area contributed by atoms with E-state index in [1.54, 1.807) is 12.3 Å². The van der Waals surface area contributed by atoms with Crippen LogP contribution in [0.5, 0.6) is 5.75 Å². The van der Waals surface area contributed by atoms with Crippen molar-refractivity contribution < 1.29 is 9.84 Å². The summed E-state index contributed by atoms with van der Waals surface area (Å²) in [4.78, 5) is 6.99. The van der Waals surface area contributed by atoms with Gasteiger partial charge in [0.15, 0.2) is 0 Å². The average molecular weight is 372 g/mol. The number of para-hydroxylation sites is 2. The first-order valence-electron chi connectivity index (χ1n) is 9.61. The second-order valence-corrected chi connectivity index (χ2v) is 6.90. The molecule has 0 aliphatic carbocycles. The molecule has 0 amide bonds. The predicted octanol–water partition coefficient (Wildman–Crippen LogP) is 4.57. The second kappa shape index (κ2) is 8.72. The van der Waals surface area contributed by atoms with Crippen molar-refractivity contribution >= 4 is 17.6 Å². The fourth-order valence-electron chi connectivity index (χ4n) is 3.43. The molecule has 1 N–H and O–H groups in total. The largest absolute Gasteiger partial charge is 0.507 e. The van der Waals surface area contributed by atoms with Crippen molar-refractivity contribution in [1.82, 2.24) is 0 Å². The minimum Gasteiger partial charge on any atom is -0.507 e. The lowest BCUT2D eigenvalue weighted by Crippen LogP contribution is -2.36. The van der Waals surface area contributed by atoms with Gasteiger partial charge in [-0.2, -0.15) is 0 Å². The predicted molar refractivity (Wildman–Crippen MR) is 114 cm³/mol. The second-order valence-electron chi connectivity index (χ2n) is 6.90. The first kappa shape index (κ1) is 18.3. The van der Waals surface area contributed by atoms with Crippen LogP contribution in [0.3, 0.4) is 0 Å². The molecular weight excluding hydrogens is 348 g/mol. The topological polar surface area (TPSA) is 45.1 Å². The van der Waals surface area contributed by atoms with Gasteiger partial charge in [-0.25, -0.2) is 0 Å². The molecule has 1 aliphatic rings. The lowest BCUT2D eigenvalue weighted by molar-refractivity contribution is 0.123. The van der Waals surface area contributed by atoms with Crippen molar-refractivity contribution in [3.05, 3.63) is 89.5 Å². The van der Waals surface area contributed by atoms with Crippen molar-refractivity contribution in [3.63, 3.8) is 0 Å². The summed E-state index contributed by atoms with van der Waals surface area (Å²) in [6, 6.07) is 24.1. The summed E-state index contributed by atoms with van der Waals surface area (Å²) in [6.07, 6.45) is 2.58. The van der Waals surface area contributed by atoms with Crippen LogP contribution >= 0.6 is 0 Å². The Labute approximate surface area is 165 Å². The van der Waals surface area contributed by atoms with Crippen LogP contribution in [0.25, 0.3) is 0 Å². The van der Waals surface area contributed by atoms with Gasteiger partial charge in [-0.1, -0.05) is 48.5 Å². The number of phenolic OH excluding ortho intramolecular Hbond substituents is 1. The molecule has 28 heavy (non-hydrogen) atoms. The van der Waals surface area contributed by atoms with Gasteiger partial charge in [-0.15, -0.1) is 0 Å². The number of phenols is 1. The highest BCUT2D eigenvalue weighted by Gasteiger charge is 2.14. The summed E-state index contributed by atoms with van der Waals surface area (Å²) in [5.41, 5.74) is 5.12. The van der Waals surface area contributed by atoms with E-state index in [1.165, 1.54) is 5.56 Å². The molecule has 4 nitrogen and oxygen atoms in total. The van der Waals surface area contributed by atoms with Gasteiger partial charge >= 0.3 is 0 Å². The Morgan fingerprint density at radius 3 is 2.46 bits per heavy atom. The van der Waals surface area contributed by atoms with E-state index in [9.17, 15) is 5.11 Å². The number of ether oxygens (including phenoxy) is 1. The molecular formula is C24H24N2O2. The van der Waals surface area contributed by atoms with Crippen molar-refractivity contribution in [2.24, 2.45) is 4.99 Å². The van der Waals surface area contributed by atoms with Crippen LogP contribution in [-0.4, -0.2) is 37.6 Å². The normalized spacial score (nSPS) is 14.5. The molecule has 0 radical (unpaired) electrons. The van der Waals surface area contributed by atoms with Crippen LogP contribution < -0.4 is 4.90 Å². The summed E-state index contributed by atoms with van der Waals surface area (Å²) >= 11 is 0. The van der Waals surface area contributed by atoms with Crippen molar-refractivity contribution in [2.75, 3.05) is 31.2 Å². The van der Waals surface area contributed by atoms with E-state index in [1.807, 2.05) is 48.5 Å². The number of rotatable bonds is 5. The number of benzene rings is 3. The molecule has 3 aromatic carbocycles. The van der Waals surface area contributed by atoms with Gasteiger partial charge in [0, 0.05) is 24.9 Å². The standard InChI is InChI=1S/C24H24N2O2/c27-24-11-10-20(16-19-6-2-1-3-7-19)17-21(24)18-25-22-8-4-5-9-23(22)26-12-14-28-15-13-26/h1-11,17-18,27H,12-16H2. The number of hydrogen-bond acceptors (Lipinski definition) is 4. The fraction of sp³-hybridized carbons (Fsp3) is 0.208. The van der Waals surface area contributed by atoms with Crippen molar-refractivity contribution in [1.29, 1.82) is 0 Å². The Bertz CT molecular complexity index is 948. The molecule has 0 bridgehead atoms. The molecule has 0 atom stereocenters. The number of aromatic hydroxyl groups is 1. The highest BCUT2D eigenvalue weighted by atomic mass is 16.5. The van der Waals surface area contributed by atoms with Gasteiger partial charge < -0.3 is 14.7 Å². The third-order valence-corrected chi connectivity index (χ3v) is 4.92. The minimum absolute atomic E-state index is 0.240. The number of hydrogen-bond donors (Lipinski definition) is 1. The molecule has 0 spiro atoms. The molecule has 1 saturated heterocycles. The van der Waals surface area contributed by atoms with Gasteiger partial charge in [-0.3, -0.25) is 4.99 Å². The first-order chi connectivity index (χ1) is 13.8. The molecule has 4 rings (SSSR count). The number of anilines is 1. The third-order valence-electron chi connectivity index (χ3n) is 4.92. The Kier molecular flexibility index (Phi) is 5.69. The van der Waals surface area contributed by atoms with E-state index in [0.717, 1.165) is 55.2 Å².